The van der Waals surface area contributed by atoms with Crippen molar-refractivity contribution in [2.24, 2.45) is 5.41 Å². The van der Waals surface area contributed by atoms with Gasteiger partial charge in [0.25, 0.3) is 0 Å². The van der Waals surface area contributed by atoms with Crippen LogP contribution in [0.1, 0.15) is 46.5 Å². The number of aliphatic hydroxyl groups is 1. The molecule has 0 saturated heterocycles. The lowest BCUT2D eigenvalue weighted by molar-refractivity contribution is 0.260. The molecular formula is C13H20O. The molecule has 0 aliphatic heterocycles. The average molecular weight is 192 g/mol. The van der Waals surface area contributed by atoms with Gasteiger partial charge >= 0.3 is 0 Å². The minimum Gasteiger partial charge on any atom is -0.376 e. The van der Waals surface area contributed by atoms with E-state index in [1.165, 1.54) is 12.8 Å². The van der Waals surface area contributed by atoms with Crippen LogP contribution in [0.15, 0.2) is 11.6 Å². The Morgan fingerprint density at radius 2 is 2.07 bits per heavy atom. The van der Waals surface area contributed by atoms with E-state index in [1.54, 1.807) is 0 Å². The van der Waals surface area contributed by atoms with E-state index in [0.717, 1.165) is 18.4 Å². The van der Waals surface area contributed by atoms with E-state index in [1.807, 2.05) is 0 Å². The Labute approximate surface area is 87.2 Å². The molecule has 0 radical (unpaired) electrons. The molecule has 1 unspecified atom stereocenters. The van der Waals surface area contributed by atoms with Crippen LogP contribution in [0.4, 0.5) is 0 Å². The fraction of sp³-hybridized carbons (Fsp3) is 0.692. The predicted octanol–water partition coefficient (Wildman–Crippen LogP) is 2.90. The van der Waals surface area contributed by atoms with E-state index in [9.17, 15) is 5.11 Å². The summed E-state index contributed by atoms with van der Waals surface area (Å²) in [5, 5.41) is 9.80. The van der Waals surface area contributed by atoms with Crippen LogP contribution in [-0.4, -0.2) is 11.2 Å². The second-order valence-electron chi connectivity index (χ2n) is 4.95. The lowest BCUT2D eigenvalue weighted by atomic mass is 9.93. The van der Waals surface area contributed by atoms with Gasteiger partial charge in [-0.15, -0.1) is 0 Å². The normalized spacial score (nSPS) is 19.3. The third-order valence-electron chi connectivity index (χ3n) is 2.26. The number of aliphatic hydroxyl groups excluding tert-OH is 1. The topological polar surface area (TPSA) is 20.2 Å². The zero-order valence-electron chi connectivity index (χ0n) is 9.43. The van der Waals surface area contributed by atoms with Crippen LogP contribution in [-0.2, 0) is 0 Å². The van der Waals surface area contributed by atoms with E-state index in [0.29, 0.717) is 0 Å². The number of rotatable bonds is 1. The van der Waals surface area contributed by atoms with Crippen molar-refractivity contribution in [3.8, 4) is 11.8 Å². The van der Waals surface area contributed by atoms with Crippen molar-refractivity contribution in [3.05, 3.63) is 11.6 Å². The van der Waals surface area contributed by atoms with Gasteiger partial charge in [-0.25, -0.2) is 0 Å². The molecule has 0 heterocycles. The van der Waals surface area contributed by atoms with Gasteiger partial charge in [0, 0.05) is 5.41 Å². The van der Waals surface area contributed by atoms with Crippen LogP contribution in [0.25, 0.3) is 0 Å². The van der Waals surface area contributed by atoms with E-state index >= 15 is 0 Å². The van der Waals surface area contributed by atoms with Crippen molar-refractivity contribution in [1.82, 2.24) is 0 Å². The highest BCUT2D eigenvalue weighted by atomic mass is 16.3. The van der Waals surface area contributed by atoms with Crippen molar-refractivity contribution in [2.45, 2.75) is 52.6 Å². The molecule has 0 bridgehead atoms. The molecule has 1 nitrogen and oxygen atoms in total. The van der Waals surface area contributed by atoms with Gasteiger partial charge in [-0.3, -0.25) is 0 Å². The molecule has 0 saturated carbocycles. The molecule has 0 amide bonds. The van der Waals surface area contributed by atoms with Crippen molar-refractivity contribution >= 4 is 0 Å². The maximum Gasteiger partial charge on any atom is 0.136 e. The zero-order valence-corrected chi connectivity index (χ0v) is 9.43. The summed E-state index contributed by atoms with van der Waals surface area (Å²) >= 11 is 0. The molecule has 0 fully saturated rings. The van der Waals surface area contributed by atoms with Crippen molar-refractivity contribution < 1.29 is 5.11 Å². The number of hydrogen-bond donors (Lipinski definition) is 1. The molecule has 1 aliphatic carbocycles. The van der Waals surface area contributed by atoms with Gasteiger partial charge in [-0.2, -0.15) is 0 Å². The summed E-state index contributed by atoms with van der Waals surface area (Å²) in [7, 11) is 0. The maximum absolute atomic E-state index is 9.80. The first-order valence-corrected chi connectivity index (χ1v) is 5.39. The minimum atomic E-state index is -0.533. The summed E-state index contributed by atoms with van der Waals surface area (Å²) in [6.45, 7) is 6.17. The Morgan fingerprint density at radius 3 is 2.57 bits per heavy atom. The van der Waals surface area contributed by atoms with Crippen LogP contribution in [0.3, 0.4) is 0 Å². The molecule has 0 aromatic carbocycles. The van der Waals surface area contributed by atoms with E-state index in [2.05, 4.69) is 38.7 Å². The Kier molecular flexibility index (Phi) is 3.77. The monoisotopic (exact) mass is 192 g/mol. The molecule has 1 rings (SSSR count). The van der Waals surface area contributed by atoms with Crippen molar-refractivity contribution in [2.75, 3.05) is 0 Å². The molecule has 14 heavy (non-hydrogen) atoms. The van der Waals surface area contributed by atoms with E-state index < -0.39 is 6.10 Å². The van der Waals surface area contributed by atoms with Crippen LogP contribution in [0, 0.1) is 17.3 Å². The van der Waals surface area contributed by atoms with Gasteiger partial charge in [-0.05, 0) is 52.0 Å². The quantitative estimate of drug-likeness (QED) is 0.500. The molecule has 1 atom stereocenters. The molecule has 1 heteroatoms. The summed E-state index contributed by atoms with van der Waals surface area (Å²) < 4.78 is 0. The van der Waals surface area contributed by atoms with Crippen LogP contribution >= 0.6 is 0 Å². The Bertz CT molecular complexity index is 270. The highest BCUT2D eigenvalue weighted by molar-refractivity contribution is 5.24. The standard InChI is InChI=1S/C13H20O/c1-13(2,3)10-9-12(14)11-7-5-4-6-8-11/h7,12,14H,4-6,8H2,1-3H3. The fourth-order valence-electron chi connectivity index (χ4n) is 1.49. The molecule has 0 aromatic heterocycles. The molecule has 1 aliphatic rings. The van der Waals surface area contributed by atoms with Gasteiger partial charge in [0.05, 0.1) is 0 Å². The SMILES string of the molecule is CC(C)(C)C#CC(O)C1=CCCCC1. The van der Waals surface area contributed by atoms with E-state index in [-0.39, 0.29) is 5.41 Å². The second kappa shape index (κ2) is 4.66. The van der Waals surface area contributed by atoms with E-state index in [4.69, 9.17) is 0 Å². The van der Waals surface area contributed by atoms with Gasteiger partial charge in [-0.1, -0.05) is 17.9 Å². The largest absolute Gasteiger partial charge is 0.376 e. The van der Waals surface area contributed by atoms with Crippen LogP contribution in [0.2, 0.25) is 0 Å². The van der Waals surface area contributed by atoms with Gasteiger partial charge in [0.15, 0.2) is 0 Å². The van der Waals surface area contributed by atoms with Gasteiger partial charge in [0.1, 0.15) is 6.10 Å². The zero-order chi connectivity index (χ0) is 10.6. The smallest absolute Gasteiger partial charge is 0.136 e. The highest BCUT2D eigenvalue weighted by Gasteiger charge is 2.11. The Hall–Kier alpha value is -0.740. The summed E-state index contributed by atoms with van der Waals surface area (Å²) in [4.78, 5) is 0. The lowest BCUT2D eigenvalue weighted by Crippen LogP contribution is -2.11. The molecule has 1 N–H and O–H groups in total. The van der Waals surface area contributed by atoms with Crippen LogP contribution in [0.5, 0.6) is 0 Å². The first-order chi connectivity index (χ1) is 6.49. The van der Waals surface area contributed by atoms with Gasteiger partial charge in [0.2, 0.25) is 0 Å². The first kappa shape index (κ1) is 11.3. The predicted molar refractivity (Wildman–Crippen MR) is 59.8 cm³/mol. The average Bonchev–Trinajstić information content (AvgIpc) is 2.14. The number of allylic oxidation sites excluding steroid dienone is 1. The molecular weight excluding hydrogens is 172 g/mol. The minimum absolute atomic E-state index is 0.0177. The summed E-state index contributed by atoms with van der Waals surface area (Å²) in [5.74, 6) is 6.01. The number of hydrogen-bond acceptors (Lipinski definition) is 1. The lowest BCUT2D eigenvalue weighted by Gasteiger charge is -2.15. The molecule has 0 spiro atoms. The summed E-state index contributed by atoms with van der Waals surface area (Å²) in [6, 6.07) is 0. The highest BCUT2D eigenvalue weighted by Crippen LogP contribution is 2.20. The Morgan fingerprint density at radius 1 is 1.36 bits per heavy atom. The summed E-state index contributed by atoms with van der Waals surface area (Å²) in [5.41, 5.74) is 1.10. The third kappa shape index (κ3) is 3.98. The molecule has 0 aromatic rings. The van der Waals surface area contributed by atoms with Crippen LogP contribution < -0.4 is 0 Å². The van der Waals surface area contributed by atoms with Crippen molar-refractivity contribution in [1.29, 1.82) is 0 Å². The van der Waals surface area contributed by atoms with Gasteiger partial charge < -0.3 is 5.11 Å². The third-order valence-corrected chi connectivity index (χ3v) is 2.26. The molecule has 78 valence electrons. The fourth-order valence-corrected chi connectivity index (χ4v) is 1.49. The van der Waals surface area contributed by atoms with Crippen molar-refractivity contribution in [3.63, 3.8) is 0 Å². The first-order valence-electron chi connectivity index (χ1n) is 5.39. The maximum atomic E-state index is 9.80. The Balaban J connectivity index is 2.60. The summed E-state index contributed by atoms with van der Waals surface area (Å²) in [6.07, 6.45) is 6.17. The second-order valence-corrected chi connectivity index (χ2v) is 4.95.